The van der Waals surface area contributed by atoms with Crippen LogP contribution in [-0.2, 0) is 11.8 Å². The Morgan fingerprint density at radius 3 is 3.05 bits per heavy atom. The average Bonchev–Trinajstić information content (AvgIpc) is 3.13. The minimum atomic E-state index is 0.474. The molecule has 1 aromatic rings. The van der Waals surface area contributed by atoms with Gasteiger partial charge in [-0.3, -0.25) is 0 Å². The Bertz CT molecular complexity index is 456. The topological polar surface area (TPSA) is 24.1 Å². The zero-order chi connectivity index (χ0) is 14.0. The number of nitrogens with one attached hydrogen (secondary N) is 2. The van der Waals surface area contributed by atoms with E-state index in [1.54, 1.807) is 11.1 Å². The second-order valence-corrected chi connectivity index (χ2v) is 6.63. The predicted molar refractivity (Wildman–Crippen MR) is 85.2 cm³/mol. The van der Waals surface area contributed by atoms with Gasteiger partial charge >= 0.3 is 0 Å². The Balaban J connectivity index is 1.61. The summed E-state index contributed by atoms with van der Waals surface area (Å²) in [6, 6.07) is 10.4. The third-order valence-electron chi connectivity index (χ3n) is 5.19. The molecule has 3 unspecified atom stereocenters. The van der Waals surface area contributed by atoms with Gasteiger partial charge in [-0.05, 0) is 63.2 Å². The Labute approximate surface area is 123 Å². The van der Waals surface area contributed by atoms with Crippen molar-refractivity contribution in [3.8, 4) is 0 Å². The lowest BCUT2D eigenvalue weighted by molar-refractivity contribution is 0.440. The highest BCUT2D eigenvalue weighted by molar-refractivity contribution is 5.44. The van der Waals surface area contributed by atoms with Crippen molar-refractivity contribution in [1.82, 2.24) is 10.6 Å². The minimum absolute atomic E-state index is 0.474. The van der Waals surface area contributed by atoms with E-state index < -0.39 is 0 Å². The van der Waals surface area contributed by atoms with E-state index in [2.05, 4.69) is 48.7 Å². The van der Waals surface area contributed by atoms with Gasteiger partial charge in [-0.25, -0.2) is 0 Å². The third-order valence-corrected chi connectivity index (χ3v) is 5.19. The maximum absolute atomic E-state index is 3.87. The molecule has 20 heavy (non-hydrogen) atoms. The fourth-order valence-corrected chi connectivity index (χ4v) is 3.97. The normalized spacial score (nSPS) is 29.2. The van der Waals surface area contributed by atoms with Crippen LogP contribution in [-0.4, -0.2) is 25.2 Å². The number of fused-ring (bicyclic) bond motifs is 2. The van der Waals surface area contributed by atoms with Gasteiger partial charge in [-0.1, -0.05) is 31.2 Å². The second kappa shape index (κ2) is 5.87. The zero-order valence-corrected chi connectivity index (χ0v) is 12.9. The molecule has 2 nitrogen and oxygen atoms in total. The summed E-state index contributed by atoms with van der Waals surface area (Å²) in [6.07, 6.45) is 6.58. The molecule has 2 N–H and O–H groups in total. The first-order valence-corrected chi connectivity index (χ1v) is 8.31. The number of hydrogen-bond acceptors (Lipinski definition) is 2. The molecule has 0 aliphatic heterocycles. The molecule has 0 saturated heterocycles. The first-order valence-electron chi connectivity index (χ1n) is 8.31. The summed E-state index contributed by atoms with van der Waals surface area (Å²) in [5, 5.41) is 7.29. The molecule has 1 fully saturated rings. The summed E-state index contributed by atoms with van der Waals surface area (Å²) in [6.45, 7) is 6.71. The molecule has 1 spiro atoms. The van der Waals surface area contributed by atoms with Crippen molar-refractivity contribution in [1.29, 1.82) is 0 Å². The van der Waals surface area contributed by atoms with Crippen LogP contribution in [0.15, 0.2) is 24.3 Å². The summed E-state index contributed by atoms with van der Waals surface area (Å²) >= 11 is 0. The lowest BCUT2D eigenvalue weighted by atomic mass is 9.79. The number of aryl methyl sites for hydroxylation is 1. The van der Waals surface area contributed by atoms with Gasteiger partial charge in [0.25, 0.3) is 0 Å². The quantitative estimate of drug-likeness (QED) is 0.778. The highest BCUT2D eigenvalue weighted by Crippen LogP contribution is 2.55. The molecule has 0 heterocycles. The molecule has 2 aliphatic rings. The molecular weight excluding hydrogens is 244 g/mol. The Hall–Kier alpha value is -0.860. The van der Waals surface area contributed by atoms with E-state index in [1.165, 1.54) is 32.1 Å². The third kappa shape index (κ3) is 2.64. The van der Waals surface area contributed by atoms with Crippen molar-refractivity contribution in [2.24, 2.45) is 0 Å². The van der Waals surface area contributed by atoms with Crippen LogP contribution in [0, 0.1) is 0 Å². The molecular formula is C18H28N2. The number of benzene rings is 1. The van der Waals surface area contributed by atoms with Gasteiger partial charge in [0.05, 0.1) is 0 Å². The van der Waals surface area contributed by atoms with Crippen LogP contribution in [0.5, 0.6) is 0 Å². The molecule has 3 atom stereocenters. The van der Waals surface area contributed by atoms with Crippen molar-refractivity contribution >= 4 is 0 Å². The van der Waals surface area contributed by atoms with Gasteiger partial charge in [-0.15, -0.1) is 0 Å². The van der Waals surface area contributed by atoms with Crippen molar-refractivity contribution in [2.45, 2.75) is 63.5 Å². The fraction of sp³-hybridized carbons (Fsp3) is 0.667. The zero-order valence-electron chi connectivity index (χ0n) is 12.9. The van der Waals surface area contributed by atoms with Gasteiger partial charge in [0, 0.05) is 17.5 Å². The summed E-state index contributed by atoms with van der Waals surface area (Å²) in [4.78, 5) is 0. The molecule has 0 bridgehead atoms. The van der Waals surface area contributed by atoms with E-state index >= 15 is 0 Å². The van der Waals surface area contributed by atoms with E-state index in [9.17, 15) is 0 Å². The predicted octanol–water partition coefficient (Wildman–Crippen LogP) is 3.01. The van der Waals surface area contributed by atoms with Gasteiger partial charge in [0.15, 0.2) is 0 Å². The summed E-state index contributed by atoms with van der Waals surface area (Å²) < 4.78 is 0. The largest absolute Gasteiger partial charge is 0.317 e. The molecule has 110 valence electrons. The summed E-state index contributed by atoms with van der Waals surface area (Å²) in [7, 11) is 0. The number of hydrogen-bond donors (Lipinski definition) is 2. The van der Waals surface area contributed by atoms with Crippen LogP contribution < -0.4 is 10.6 Å². The lowest BCUT2D eigenvalue weighted by Crippen LogP contribution is -2.36. The molecule has 3 rings (SSSR count). The highest BCUT2D eigenvalue weighted by atomic mass is 15.0. The molecule has 2 aliphatic carbocycles. The standard InChI is InChI=1S/C18H28N2/c1-3-19-12-10-14(2)20-17-13-18(17)11-6-8-15-7-4-5-9-16(15)18/h4-5,7,9,14,17,19-20H,3,6,8,10-13H2,1-2H3. The van der Waals surface area contributed by atoms with E-state index in [0.717, 1.165) is 13.1 Å². The first kappa shape index (κ1) is 14.1. The maximum Gasteiger partial charge on any atom is 0.0176 e. The molecule has 0 amide bonds. The van der Waals surface area contributed by atoms with Crippen LogP contribution in [0.1, 0.15) is 50.7 Å². The van der Waals surface area contributed by atoms with E-state index in [4.69, 9.17) is 0 Å². The van der Waals surface area contributed by atoms with Gasteiger partial charge < -0.3 is 10.6 Å². The SMILES string of the molecule is CCNCCC(C)NC1CC12CCCc1ccccc12. The highest BCUT2D eigenvalue weighted by Gasteiger charge is 2.56. The van der Waals surface area contributed by atoms with Gasteiger partial charge in [0.2, 0.25) is 0 Å². The molecule has 0 aromatic heterocycles. The Morgan fingerprint density at radius 1 is 1.35 bits per heavy atom. The van der Waals surface area contributed by atoms with Crippen LogP contribution in [0.2, 0.25) is 0 Å². The van der Waals surface area contributed by atoms with Crippen molar-refractivity contribution in [2.75, 3.05) is 13.1 Å². The molecule has 0 radical (unpaired) electrons. The first-order chi connectivity index (χ1) is 9.76. The van der Waals surface area contributed by atoms with Crippen LogP contribution in [0.4, 0.5) is 0 Å². The monoisotopic (exact) mass is 272 g/mol. The average molecular weight is 272 g/mol. The molecule has 2 heteroatoms. The van der Waals surface area contributed by atoms with Crippen molar-refractivity contribution in [3.63, 3.8) is 0 Å². The summed E-state index contributed by atoms with van der Waals surface area (Å²) in [5.41, 5.74) is 3.72. The van der Waals surface area contributed by atoms with Crippen LogP contribution in [0.25, 0.3) is 0 Å². The smallest absolute Gasteiger partial charge is 0.0176 e. The summed E-state index contributed by atoms with van der Waals surface area (Å²) in [5.74, 6) is 0. The van der Waals surface area contributed by atoms with Gasteiger partial charge in [0.1, 0.15) is 0 Å². The second-order valence-electron chi connectivity index (χ2n) is 6.63. The van der Waals surface area contributed by atoms with Gasteiger partial charge in [-0.2, -0.15) is 0 Å². The fourth-order valence-electron chi connectivity index (χ4n) is 3.97. The van der Waals surface area contributed by atoms with E-state index in [1.807, 2.05) is 0 Å². The molecule has 1 saturated carbocycles. The van der Waals surface area contributed by atoms with E-state index in [-0.39, 0.29) is 0 Å². The van der Waals surface area contributed by atoms with Crippen molar-refractivity contribution < 1.29 is 0 Å². The van der Waals surface area contributed by atoms with Crippen molar-refractivity contribution in [3.05, 3.63) is 35.4 Å². The lowest BCUT2D eigenvalue weighted by Gasteiger charge is -2.27. The Morgan fingerprint density at radius 2 is 2.20 bits per heavy atom. The van der Waals surface area contributed by atoms with E-state index in [0.29, 0.717) is 17.5 Å². The molecule has 1 aromatic carbocycles. The minimum Gasteiger partial charge on any atom is -0.317 e. The Kier molecular flexibility index (Phi) is 4.13. The van der Waals surface area contributed by atoms with Crippen LogP contribution >= 0.6 is 0 Å². The maximum atomic E-state index is 3.87. The number of rotatable bonds is 6. The van der Waals surface area contributed by atoms with Crippen LogP contribution in [0.3, 0.4) is 0 Å².